The second-order valence-electron chi connectivity index (χ2n) is 8.43. The van der Waals surface area contributed by atoms with Crippen molar-refractivity contribution >= 4 is 5.91 Å². The summed E-state index contributed by atoms with van der Waals surface area (Å²) in [5, 5.41) is 12.9. The van der Waals surface area contributed by atoms with Gasteiger partial charge in [0.15, 0.2) is 0 Å². The van der Waals surface area contributed by atoms with Crippen LogP contribution in [0.1, 0.15) is 56.9 Å². The van der Waals surface area contributed by atoms with Crippen molar-refractivity contribution in [3.63, 3.8) is 0 Å². The number of nitrogens with zero attached hydrogens (tertiary/aromatic N) is 1. The molecule has 2 heterocycles. The number of ether oxygens (including phenoxy) is 1. The van der Waals surface area contributed by atoms with Gasteiger partial charge in [0.25, 0.3) is 0 Å². The van der Waals surface area contributed by atoms with E-state index >= 15 is 0 Å². The van der Waals surface area contributed by atoms with Gasteiger partial charge in [-0.25, -0.2) is 4.39 Å². The number of nitrogens with one attached hydrogen (secondary N) is 1. The van der Waals surface area contributed by atoms with E-state index in [0.717, 1.165) is 31.8 Å². The average Bonchev–Trinajstić information content (AvgIpc) is 2.73. The van der Waals surface area contributed by atoms with Crippen molar-refractivity contribution in [2.75, 3.05) is 32.8 Å². The first kappa shape index (κ1) is 22.0. The van der Waals surface area contributed by atoms with Crippen LogP contribution >= 0.6 is 0 Å². The molecule has 0 spiro atoms. The maximum atomic E-state index is 14.4. The van der Waals surface area contributed by atoms with Crippen LogP contribution in [0.2, 0.25) is 0 Å². The van der Waals surface area contributed by atoms with Gasteiger partial charge in [0, 0.05) is 19.2 Å². The number of unbranched alkanes of at least 4 members (excludes halogenated alkanes) is 2. The van der Waals surface area contributed by atoms with E-state index < -0.39 is 0 Å². The summed E-state index contributed by atoms with van der Waals surface area (Å²) >= 11 is 0. The highest BCUT2D eigenvalue weighted by Gasteiger charge is 2.22. The Morgan fingerprint density at radius 1 is 1.14 bits per heavy atom. The summed E-state index contributed by atoms with van der Waals surface area (Å²) in [6.07, 6.45) is 8.17. The lowest BCUT2D eigenvalue weighted by Crippen LogP contribution is -2.40. The number of halogens is 1. The van der Waals surface area contributed by atoms with Crippen molar-refractivity contribution in [1.29, 1.82) is 0 Å². The summed E-state index contributed by atoms with van der Waals surface area (Å²) in [7, 11) is 0. The van der Waals surface area contributed by atoms with Crippen LogP contribution in [0.3, 0.4) is 0 Å². The van der Waals surface area contributed by atoms with E-state index in [2.05, 4.69) is 5.32 Å². The molecule has 2 N–H and O–H groups in total. The van der Waals surface area contributed by atoms with E-state index in [0.29, 0.717) is 43.9 Å². The van der Waals surface area contributed by atoms with Crippen LogP contribution in [0.4, 0.5) is 4.39 Å². The number of carbonyl (C=O) groups excluding carboxylic acids is 1. The molecule has 2 aliphatic rings. The standard InChI is InChI=1S/C23H35FN2O3/c24-22-17-21(29-15-3-1-2-4-18-7-11-25-12-8-18)6-5-19(22)16-23(28)26-13-9-20(27)10-14-26/h5-6,17-18,20,25,27H,1-4,7-16H2. The second-order valence-corrected chi connectivity index (χ2v) is 8.43. The number of carbonyl (C=O) groups is 1. The lowest BCUT2D eigenvalue weighted by Gasteiger charge is -2.29. The number of aliphatic hydroxyl groups excluding tert-OH is 1. The van der Waals surface area contributed by atoms with Gasteiger partial charge in [-0.15, -0.1) is 0 Å². The van der Waals surface area contributed by atoms with Crippen LogP contribution in [0.5, 0.6) is 5.75 Å². The minimum Gasteiger partial charge on any atom is -0.493 e. The quantitative estimate of drug-likeness (QED) is 0.618. The van der Waals surface area contributed by atoms with E-state index in [1.165, 1.54) is 31.7 Å². The highest BCUT2D eigenvalue weighted by atomic mass is 19.1. The Kier molecular flexibility index (Phi) is 8.74. The topological polar surface area (TPSA) is 61.8 Å². The molecule has 162 valence electrons. The van der Waals surface area contributed by atoms with Gasteiger partial charge < -0.3 is 20.1 Å². The maximum absolute atomic E-state index is 14.4. The fraction of sp³-hybridized carbons (Fsp3) is 0.696. The molecule has 0 unspecified atom stereocenters. The van der Waals surface area contributed by atoms with Crippen molar-refractivity contribution in [3.8, 4) is 5.75 Å². The average molecular weight is 407 g/mol. The number of piperidine rings is 2. The Labute approximate surface area is 173 Å². The first-order chi connectivity index (χ1) is 14.1. The van der Waals surface area contributed by atoms with Gasteiger partial charge in [-0.3, -0.25) is 4.79 Å². The highest BCUT2D eigenvalue weighted by molar-refractivity contribution is 5.79. The number of amides is 1. The molecule has 0 radical (unpaired) electrons. The first-order valence-electron chi connectivity index (χ1n) is 11.2. The van der Waals surface area contributed by atoms with Gasteiger partial charge in [0.2, 0.25) is 5.91 Å². The summed E-state index contributed by atoms with van der Waals surface area (Å²) in [5.74, 6) is 0.923. The predicted octanol–water partition coefficient (Wildman–Crippen LogP) is 3.29. The van der Waals surface area contributed by atoms with Gasteiger partial charge in [-0.05, 0) is 62.7 Å². The first-order valence-corrected chi connectivity index (χ1v) is 11.2. The zero-order valence-corrected chi connectivity index (χ0v) is 17.4. The smallest absolute Gasteiger partial charge is 0.227 e. The fourth-order valence-corrected chi connectivity index (χ4v) is 4.22. The summed E-state index contributed by atoms with van der Waals surface area (Å²) < 4.78 is 20.1. The van der Waals surface area contributed by atoms with Crippen LogP contribution in [0.15, 0.2) is 18.2 Å². The molecule has 5 nitrogen and oxygen atoms in total. The van der Waals surface area contributed by atoms with E-state index in [-0.39, 0.29) is 24.2 Å². The summed E-state index contributed by atoms with van der Waals surface area (Å²) in [6.45, 7) is 3.99. The molecule has 3 rings (SSSR count). The van der Waals surface area contributed by atoms with Crippen molar-refractivity contribution in [3.05, 3.63) is 29.6 Å². The molecule has 2 saturated heterocycles. The summed E-state index contributed by atoms with van der Waals surface area (Å²) in [4.78, 5) is 14.0. The third-order valence-electron chi connectivity index (χ3n) is 6.17. The minimum atomic E-state index is -0.390. The number of likely N-dealkylation sites (tertiary alicyclic amines) is 1. The Morgan fingerprint density at radius 2 is 1.90 bits per heavy atom. The third-order valence-corrected chi connectivity index (χ3v) is 6.17. The van der Waals surface area contributed by atoms with Crippen molar-refractivity contribution in [1.82, 2.24) is 10.2 Å². The molecule has 0 aromatic heterocycles. The zero-order valence-electron chi connectivity index (χ0n) is 17.4. The molecule has 1 aromatic carbocycles. The van der Waals surface area contributed by atoms with Crippen LogP contribution in [-0.2, 0) is 11.2 Å². The van der Waals surface area contributed by atoms with Gasteiger partial charge >= 0.3 is 0 Å². The van der Waals surface area contributed by atoms with E-state index in [4.69, 9.17) is 4.74 Å². The van der Waals surface area contributed by atoms with Crippen LogP contribution in [0.25, 0.3) is 0 Å². The van der Waals surface area contributed by atoms with E-state index in [1.807, 2.05) is 0 Å². The van der Waals surface area contributed by atoms with Crippen LogP contribution in [0, 0.1) is 11.7 Å². The molecule has 0 atom stereocenters. The number of hydrogen-bond donors (Lipinski definition) is 2. The molecular weight excluding hydrogens is 371 g/mol. The Balaban J connectivity index is 1.34. The lowest BCUT2D eigenvalue weighted by atomic mass is 9.92. The second kappa shape index (κ2) is 11.5. The van der Waals surface area contributed by atoms with E-state index in [1.54, 1.807) is 17.0 Å². The predicted molar refractivity (Wildman–Crippen MR) is 111 cm³/mol. The monoisotopic (exact) mass is 406 g/mol. The number of rotatable bonds is 9. The SMILES string of the molecule is O=C(Cc1ccc(OCCCCCC2CCNCC2)cc1F)N1CCC(O)CC1. The number of benzene rings is 1. The van der Waals surface area contributed by atoms with Gasteiger partial charge in [0.1, 0.15) is 11.6 Å². The third kappa shape index (κ3) is 7.27. The fourth-order valence-electron chi connectivity index (χ4n) is 4.22. The van der Waals surface area contributed by atoms with Crippen molar-refractivity contribution in [2.24, 2.45) is 5.92 Å². The zero-order chi connectivity index (χ0) is 20.5. The molecule has 29 heavy (non-hydrogen) atoms. The summed E-state index contributed by atoms with van der Waals surface area (Å²) in [6, 6.07) is 4.79. The van der Waals surface area contributed by atoms with Crippen molar-refractivity contribution < 1.29 is 19.0 Å². The lowest BCUT2D eigenvalue weighted by molar-refractivity contribution is -0.132. The normalized spacial score (nSPS) is 18.8. The van der Waals surface area contributed by atoms with Crippen LogP contribution < -0.4 is 10.1 Å². The maximum Gasteiger partial charge on any atom is 0.227 e. The Bertz CT molecular complexity index is 641. The highest BCUT2D eigenvalue weighted by Crippen LogP contribution is 2.21. The van der Waals surface area contributed by atoms with Gasteiger partial charge in [-0.2, -0.15) is 0 Å². The molecular formula is C23H35FN2O3. The van der Waals surface area contributed by atoms with Crippen LogP contribution in [-0.4, -0.2) is 54.8 Å². The molecule has 1 aromatic rings. The molecule has 0 bridgehead atoms. The molecule has 0 aliphatic carbocycles. The van der Waals surface area contributed by atoms with Gasteiger partial charge in [-0.1, -0.05) is 25.3 Å². The van der Waals surface area contributed by atoms with Gasteiger partial charge in [0.05, 0.1) is 19.1 Å². The molecule has 6 heteroatoms. The Hall–Kier alpha value is -1.66. The minimum absolute atomic E-state index is 0.0545. The number of hydrogen-bond acceptors (Lipinski definition) is 4. The molecule has 0 saturated carbocycles. The van der Waals surface area contributed by atoms with Crippen molar-refractivity contribution in [2.45, 2.75) is 63.9 Å². The van der Waals surface area contributed by atoms with E-state index in [9.17, 15) is 14.3 Å². The molecule has 2 aliphatic heterocycles. The summed E-state index contributed by atoms with van der Waals surface area (Å²) in [5.41, 5.74) is 0.399. The molecule has 1 amide bonds. The largest absolute Gasteiger partial charge is 0.493 e. The molecule has 2 fully saturated rings. The Morgan fingerprint density at radius 3 is 2.62 bits per heavy atom. The number of aliphatic hydroxyl groups is 1.